The minimum atomic E-state index is -0.186. The van der Waals surface area contributed by atoms with Gasteiger partial charge in [-0.15, -0.1) is 0 Å². The van der Waals surface area contributed by atoms with E-state index in [0.717, 1.165) is 22.3 Å². The quantitative estimate of drug-likeness (QED) is 0.659. The fourth-order valence-electron chi connectivity index (χ4n) is 2.66. The van der Waals surface area contributed by atoms with Gasteiger partial charge in [-0.2, -0.15) is 0 Å². The molecule has 1 N–H and O–H groups in total. The fraction of sp³-hybridized carbons (Fsp3) is 0.227. The summed E-state index contributed by atoms with van der Waals surface area (Å²) in [4.78, 5) is 12.1. The first kappa shape index (κ1) is 18.6. The molecule has 1 amide bonds. The lowest BCUT2D eigenvalue weighted by Crippen LogP contribution is -2.39. The molecule has 0 aliphatic carbocycles. The third-order valence-electron chi connectivity index (χ3n) is 4.06. The van der Waals surface area contributed by atoms with E-state index in [9.17, 15) is 4.79 Å². The second-order valence-electron chi connectivity index (χ2n) is 6.25. The van der Waals surface area contributed by atoms with E-state index in [2.05, 4.69) is 5.32 Å². The van der Waals surface area contributed by atoms with Crippen molar-refractivity contribution in [2.75, 3.05) is 20.3 Å². The Bertz CT molecular complexity index is 892. The number of nitrogens with one attached hydrogen (secondary N) is 1. The van der Waals surface area contributed by atoms with Crippen LogP contribution in [0.3, 0.4) is 0 Å². The number of hydrogen-bond acceptors (Lipinski definition) is 4. The minimum absolute atomic E-state index is 0.0365. The van der Waals surface area contributed by atoms with Crippen LogP contribution in [-0.2, 0) is 4.79 Å². The molecule has 5 heteroatoms. The summed E-state index contributed by atoms with van der Waals surface area (Å²) in [7, 11) is 1.62. The summed E-state index contributed by atoms with van der Waals surface area (Å²) in [5.41, 5.74) is 0. The molecule has 0 aliphatic rings. The molecule has 0 saturated carbocycles. The highest BCUT2D eigenvalue weighted by atomic mass is 16.5. The Hall–Kier alpha value is -3.21. The summed E-state index contributed by atoms with van der Waals surface area (Å²) in [6.07, 6.45) is 0. The molecule has 0 spiro atoms. The van der Waals surface area contributed by atoms with Gasteiger partial charge in [-0.25, -0.2) is 0 Å². The zero-order chi connectivity index (χ0) is 19.1. The first-order valence-corrected chi connectivity index (χ1v) is 8.82. The van der Waals surface area contributed by atoms with Crippen LogP contribution < -0.4 is 19.5 Å². The van der Waals surface area contributed by atoms with Crippen LogP contribution in [-0.4, -0.2) is 32.3 Å². The van der Waals surface area contributed by atoms with Gasteiger partial charge in [0.2, 0.25) is 0 Å². The second-order valence-corrected chi connectivity index (χ2v) is 6.25. The van der Waals surface area contributed by atoms with Crippen molar-refractivity contribution in [1.29, 1.82) is 0 Å². The molecule has 0 radical (unpaired) electrons. The maximum absolute atomic E-state index is 12.1. The number of ether oxygens (including phenoxy) is 3. The molecule has 0 unspecified atom stereocenters. The minimum Gasteiger partial charge on any atom is -0.497 e. The standard InChI is InChI=1S/C22H23NO4/c1-16(14-26-20-11-9-19(25-2)10-12-20)23-22(24)15-27-21-8-7-17-5-3-4-6-18(17)13-21/h3-13,16H,14-15H2,1-2H3,(H,23,24)/t16-/m0/s1. The van der Waals surface area contributed by atoms with Crippen LogP contribution in [0.15, 0.2) is 66.7 Å². The number of methoxy groups -OCH3 is 1. The largest absolute Gasteiger partial charge is 0.497 e. The van der Waals surface area contributed by atoms with E-state index in [0.29, 0.717) is 12.4 Å². The Kier molecular flexibility index (Phi) is 6.15. The van der Waals surface area contributed by atoms with Crippen molar-refractivity contribution in [3.05, 3.63) is 66.7 Å². The summed E-state index contributed by atoms with van der Waals surface area (Å²) in [5.74, 6) is 1.99. The number of fused-ring (bicyclic) bond motifs is 1. The van der Waals surface area contributed by atoms with Crippen LogP contribution in [0.1, 0.15) is 6.92 Å². The molecule has 0 saturated heterocycles. The summed E-state index contributed by atoms with van der Waals surface area (Å²) in [5, 5.41) is 5.08. The van der Waals surface area contributed by atoms with Crippen LogP contribution >= 0.6 is 0 Å². The van der Waals surface area contributed by atoms with Crippen LogP contribution in [0.25, 0.3) is 10.8 Å². The number of carbonyl (C=O) groups excluding carboxylic acids is 1. The van der Waals surface area contributed by atoms with E-state index in [1.165, 1.54) is 0 Å². The Balaban J connectivity index is 1.43. The van der Waals surface area contributed by atoms with E-state index < -0.39 is 0 Å². The predicted octanol–water partition coefficient (Wildman–Crippen LogP) is 3.81. The first-order valence-electron chi connectivity index (χ1n) is 8.82. The number of rotatable bonds is 8. The molecular formula is C22H23NO4. The van der Waals surface area contributed by atoms with Crippen molar-refractivity contribution < 1.29 is 19.0 Å². The molecular weight excluding hydrogens is 342 g/mol. The molecule has 0 bridgehead atoms. The van der Waals surface area contributed by atoms with Gasteiger partial charge in [-0.05, 0) is 54.1 Å². The normalized spacial score (nSPS) is 11.6. The summed E-state index contributed by atoms with van der Waals surface area (Å²) in [6, 6.07) is 21.0. The molecule has 3 aromatic carbocycles. The van der Waals surface area contributed by atoms with E-state index in [1.807, 2.05) is 73.7 Å². The monoisotopic (exact) mass is 365 g/mol. The number of hydrogen-bond donors (Lipinski definition) is 1. The number of benzene rings is 3. The average Bonchev–Trinajstić information content (AvgIpc) is 2.71. The van der Waals surface area contributed by atoms with Crippen molar-refractivity contribution in [3.8, 4) is 17.2 Å². The fourth-order valence-corrected chi connectivity index (χ4v) is 2.66. The highest BCUT2D eigenvalue weighted by Gasteiger charge is 2.09. The predicted molar refractivity (Wildman–Crippen MR) is 106 cm³/mol. The second kappa shape index (κ2) is 8.94. The number of carbonyl (C=O) groups is 1. The van der Waals surface area contributed by atoms with E-state index in [1.54, 1.807) is 7.11 Å². The molecule has 3 aromatic rings. The molecule has 0 aromatic heterocycles. The Morgan fingerprint density at radius 3 is 2.30 bits per heavy atom. The van der Waals surface area contributed by atoms with Crippen LogP contribution in [0.5, 0.6) is 17.2 Å². The van der Waals surface area contributed by atoms with E-state index in [-0.39, 0.29) is 18.6 Å². The average molecular weight is 365 g/mol. The lowest BCUT2D eigenvalue weighted by Gasteiger charge is -2.15. The van der Waals surface area contributed by atoms with Crippen LogP contribution in [0.2, 0.25) is 0 Å². The Labute approximate surface area is 158 Å². The molecule has 0 aliphatic heterocycles. The topological polar surface area (TPSA) is 56.8 Å². The lowest BCUT2D eigenvalue weighted by molar-refractivity contribution is -0.123. The van der Waals surface area contributed by atoms with Crippen molar-refractivity contribution in [2.45, 2.75) is 13.0 Å². The smallest absolute Gasteiger partial charge is 0.258 e. The molecule has 0 fully saturated rings. The van der Waals surface area contributed by atoms with Gasteiger partial charge < -0.3 is 19.5 Å². The maximum Gasteiger partial charge on any atom is 0.258 e. The van der Waals surface area contributed by atoms with Gasteiger partial charge >= 0.3 is 0 Å². The molecule has 5 nitrogen and oxygen atoms in total. The van der Waals surface area contributed by atoms with Gasteiger partial charge in [0.25, 0.3) is 5.91 Å². The summed E-state index contributed by atoms with van der Waals surface area (Å²) >= 11 is 0. The van der Waals surface area contributed by atoms with Gasteiger partial charge in [0.1, 0.15) is 23.9 Å². The SMILES string of the molecule is COc1ccc(OC[C@H](C)NC(=O)COc2ccc3ccccc3c2)cc1. The van der Waals surface area contributed by atoms with Crippen molar-refractivity contribution in [3.63, 3.8) is 0 Å². The molecule has 1 atom stereocenters. The zero-order valence-electron chi connectivity index (χ0n) is 15.5. The Morgan fingerprint density at radius 2 is 1.56 bits per heavy atom. The highest BCUT2D eigenvalue weighted by molar-refractivity contribution is 5.84. The molecule has 27 heavy (non-hydrogen) atoms. The first-order chi connectivity index (χ1) is 13.1. The van der Waals surface area contributed by atoms with Crippen LogP contribution in [0, 0.1) is 0 Å². The molecule has 0 heterocycles. The van der Waals surface area contributed by atoms with Crippen molar-refractivity contribution in [2.24, 2.45) is 0 Å². The third-order valence-corrected chi connectivity index (χ3v) is 4.06. The zero-order valence-corrected chi connectivity index (χ0v) is 15.5. The van der Waals surface area contributed by atoms with Gasteiger partial charge in [0.15, 0.2) is 6.61 Å². The molecule has 3 rings (SSSR count). The van der Waals surface area contributed by atoms with Gasteiger partial charge in [-0.1, -0.05) is 30.3 Å². The van der Waals surface area contributed by atoms with Gasteiger partial charge in [0, 0.05) is 0 Å². The van der Waals surface area contributed by atoms with Crippen molar-refractivity contribution >= 4 is 16.7 Å². The Morgan fingerprint density at radius 1 is 0.889 bits per heavy atom. The van der Waals surface area contributed by atoms with E-state index >= 15 is 0 Å². The summed E-state index contributed by atoms with van der Waals surface area (Å²) in [6.45, 7) is 2.22. The maximum atomic E-state index is 12.1. The lowest BCUT2D eigenvalue weighted by atomic mass is 10.1. The van der Waals surface area contributed by atoms with Gasteiger partial charge in [0.05, 0.1) is 13.2 Å². The van der Waals surface area contributed by atoms with Crippen LogP contribution in [0.4, 0.5) is 0 Å². The van der Waals surface area contributed by atoms with Crippen molar-refractivity contribution in [1.82, 2.24) is 5.32 Å². The molecule has 140 valence electrons. The van der Waals surface area contributed by atoms with Gasteiger partial charge in [-0.3, -0.25) is 4.79 Å². The summed E-state index contributed by atoms with van der Waals surface area (Å²) < 4.78 is 16.4. The third kappa shape index (κ3) is 5.38. The van der Waals surface area contributed by atoms with E-state index in [4.69, 9.17) is 14.2 Å². The number of amides is 1. The highest BCUT2D eigenvalue weighted by Crippen LogP contribution is 2.20.